The summed E-state index contributed by atoms with van der Waals surface area (Å²) >= 11 is 0. The van der Waals surface area contributed by atoms with E-state index in [4.69, 9.17) is 4.42 Å². The van der Waals surface area contributed by atoms with Crippen LogP contribution in [0.2, 0.25) is 0 Å². The third-order valence-electron chi connectivity index (χ3n) is 3.80. The molecule has 0 atom stereocenters. The molecular formula is C17H12FNO2. The molecule has 0 aliphatic carbocycles. The van der Waals surface area contributed by atoms with Crippen LogP contribution in [0.5, 0.6) is 0 Å². The molecule has 0 radical (unpaired) electrons. The van der Waals surface area contributed by atoms with Gasteiger partial charge in [0.2, 0.25) is 5.78 Å². The minimum atomic E-state index is -0.342. The number of hydrogen-bond acceptors (Lipinski definition) is 3. The lowest BCUT2D eigenvalue weighted by atomic mass is 10.0. The van der Waals surface area contributed by atoms with E-state index in [0.29, 0.717) is 16.5 Å². The lowest BCUT2D eigenvalue weighted by Crippen LogP contribution is -2.01. The van der Waals surface area contributed by atoms with Gasteiger partial charge in [0, 0.05) is 24.0 Å². The second-order valence-corrected chi connectivity index (χ2v) is 5.21. The van der Waals surface area contributed by atoms with E-state index in [9.17, 15) is 9.18 Å². The summed E-state index contributed by atoms with van der Waals surface area (Å²) in [6, 6.07) is 11.5. The fourth-order valence-corrected chi connectivity index (χ4v) is 2.70. The molecule has 21 heavy (non-hydrogen) atoms. The molecule has 0 saturated carbocycles. The molecule has 2 heterocycles. The van der Waals surface area contributed by atoms with E-state index < -0.39 is 0 Å². The van der Waals surface area contributed by atoms with Gasteiger partial charge in [-0.05, 0) is 41.5 Å². The lowest BCUT2D eigenvalue weighted by Gasteiger charge is -2.01. The normalized spacial score (nSPS) is 13.6. The summed E-state index contributed by atoms with van der Waals surface area (Å²) in [5.41, 5.74) is 3.47. The summed E-state index contributed by atoms with van der Waals surface area (Å²) in [6.07, 6.45) is 0. The first-order valence-electron chi connectivity index (χ1n) is 6.77. The molecule has 4 rings (SSSR count). The van der Waals surface area contributed by atoms with Gasteiger partial charge in [0.05, 0.1) is 0 Å². The maximum absolute atomic E-state index is 13.2. The van der Waals surface area contributed by atoms with Gasteiger partial charge in [-0.1, -0.05) is 12.1 Å². The summed E-state index contributed by atoms with van der Waals surface area (Å²) in [6.45, 7) is 1.62. The van der Waals surface area contributed by atoms with Gasteiger partial charge in [-0.3, -0.25) is 4.79 Å². The molecule has 0 amide bonds. The highest BCUT2D eigenvalue weighted by atomic mass is 19.1. The van der Waals surface area contributed by atoms with E-state index in [1.54, 1.807) is 6.07 Å². The fraction of sp³-hybridized carbons (Fsp3) is 0.118. The quantitative estimate of drug-likeness (QED) is 0.732. The molecule has 1 aliphatic rings. The molecule has 0 bridgehead atoms. The molecule has 1 N–H and O–H groups in total. The molecule has 1 aromatic heterocycles. The summed E-state index contributed by atoms with van der Waals surface area (Å²) in [7, 11) is 0. The van der Waals surface area contributed by atoms with Gasteiger partial charge in [0.1, 0.15) is 11.4 Å². The first-order chi connectivity index (χ1) is 10.2. The maximum Gasteiger partial charge on any atom is 0.228 e. The molecule has 104 valence electrons. The predicted molar refractivity (Wildman–Crippen MR) is 76.6 cm³/mol. The van der Waals surface area contributed by atoms with Crippen molar-refractivity contribution >= 4 is 16.8 Å². The number of carbonyl (C=O) groups excluding carboxylic acids is 1. The molecule has 3 aromatic rings. The number of rotatable bonds is 2. The van der Waals surface area contributed by atoms with Crippen LogP contribution in [0.3, 0.4) is 0 Å². The van der Waals surface area contributed by atoms with Crippen molar-refractivity contribution < 1.29 is 13.6 Å². The van der Waals surface area contributed by atoms with Crippen molar-refractivity contribution in [2.45, 2.75) is 13.1 Å². The van der Waals surface area contributed by atoms with Crippen LogP contribution in [0.4, 0.5) is 4.39 Å². The first kappa shape index (κ1) is 12.3. The highest BCUT2D eigenvalue weighted by Crippen LogP contribution is 2.24. The largest absolute Gasteiger partial charge is 0.453 e. The minimum Gasteiger partial charge on any atom is -0.453 e. The highest BCUT2D eigenvalue weighted by Gasteiger charge is 2.18. The Kier molecular flexibility index (Phi) is 2.65. The van der Waals surface area contributed by atoms with E-state index in [1.807, 2.05) is 18.2 Å². The Bertz CT molecular complexity index is 866. The molecule has 0 saturated heterocycles. The van der Waals surface area contributed by atoms with Crippen LogP contribution >= 0.6 is 0 Å². The molecule has 4 heteroatoms. The Balaban J connectivity index is 1.75. The number of hydrogen-bond donors (Lipinski definition) is 1. The first-order valence-corrected chi connectivity index (χ1v) is 6.77. The van der Waals surface area contributed by atoms with Crippen LogP contribution in [0.25, 0.3) is 11.0 Å². The number of halogens is 1. The Labute approximate surface area is 120 Å². The number of benzene rings is 2. The summed E-state index contributed by atoms with van der Waals surface area (Å²) in [4.78, 5) is 12.5. The van der Waals surface area contributed by atoms with Crippen molar-refractivity contribution in [1.82, 2.24) is 5.32 Å². The van der Waals surface area contributed by atoms with Crippen LogP contribution < -0.4 is 5.32 Å². The van der Waals surface area contributed by atoms with E-state index in [1.165, 1.54) is 23.8 Å². The molecular weight excluding hydrogens is 269 g/mol. The standard InChI is InChI=1S/C17H12FNO2/c18-14-3-4-15-12(6-14)7-16(21-15)17(20)10-1-2-11-8-19-9-13(11)5-10/h1-7,19H,8-9H2. The Morgan fingerprint density at radius 2 is 1.90 bits per heavy atom. The summed E-state index contributed by atoms with van der Waals surface area (Å²) < 4.78 is 18.7. The van der Waals surface area contributed by atoms with Gasteiger partial charge in [-0.2, -0.15) is 0 Å². The number of nitrogens with one attached hydrogen (secondary N) is 1. The van der Waals surface area contributed by atoms with Crippen molar-refractivity contribution in [3.05, 3.63) is 70.7 Å². The Hall–Kier alpha value is -2.46. The Morgan fingerprint density at radius 3 is 2.81 bits per heavy atom. The van der Waals surface area contributed by atoms with Crippen LogP contribution in [0.1, 0.15) is 27.2 Å². The van der Waals surface area contributed by atoms with E-state index >= 15 is 0 Å². The van der Waals surface area contributed by atoms with Crippen LogP contribution in [-0.4, -0.2) is 5.78 Å². The average Bonchev–Trinajstić information content (AvgIpc) is 3.11. The van der Waals surface area contributed by atoms with Gasteiger partial charge < -0.3 is 9.73 Å². The maximum atomic E-state index is 13.2. The van der Waals surface area contributed by atoms with Crippen molar-refractivity contribution in [3.63, 3.8) is 0 Å². The van der Waals surface area contributed by atoms with Crippen molar-refractivity contribution in [1.29, 1.82) is 0 Å². The number of furan rings is 1. The zero-order chi connectivity index (χ0) is 14.4. The third kappa shape index (κ3) is 2.04. The minimum absolute atomic E-state index is 0.179. The SMILES string of the molecule is O=C(c1ccc2c(c1)CNC2)c1cc2cc(F)ccc2o1. The molecule has 0 fully saturated rings. The van der Waals surface area contributed by atoms with Crippen molar-refractivity contribution in [3.8, 4) is 0 Å². The number of fused-ring (bicyclic) bond motifs is 2. The molecule has 0 unspecified atom stereocenters. The number of ketones is 1. The Morgan fingerprint density at radius 1 is 1.05 bits per heavy atom. The molecule has 1 aliphatic heterocycles. The third-order valence-corrected chi connectivity index (χ3v) is 3.80. The van der Waals surface area contributed by atoms with Gasteiger partial charge in [-0.15, -0.1) is 0 Å². The van der Waals surface area contributed by atoms with Gasteiger partial charge in [0.25, 0.3) is 0 Å². The highest BCUT2D eigenvalue weighted by molar-refractivity contribution is 6.09. The second kappa shape index (κ2) is 4.53. The molecule has 2 aromatic carbocycles. The summed E-state index contributed by atoms with van der Waals surface area (Å²) in [5, 5.41) is 3.84. The zero-order valence-corrected chi connectivity index (χ0v) is 11.2. The summed E-state index contributed by atoms with van der Waals surface area (Å²) in [5.74, 6) is -0.284. The second-order valence-electron chi connectivity index (χ2n) is 5.21. The van der Waals surface area contributed by atoms with Crippen LogP contribution in [0, 0.1) is 5.82 Å². The van der Waals surface area contributed by atoms with Crippen LogP contribution in [-0.2, 0) is 13.1 Å². The zero-order valence-electron chi connectivity index (χ0n) is 11.2. The smallest absolute Gasteiger partial charge is 0.228 e. The van der Waals surface area contributed by atoms with Crippen molar-refractivity contribution in [2.24, 2.45) is 0 Å². The van der Waals surface area contributed by atoms with E-state index in [2.05, 4.69) is 5.32 Å². The lowest BCUT2D eigenvalue weighted by molar-refractivity contribution is 0.101. The van der Waals surface area contributed by atoms with Gasteiger partial charge in [0.15, 0.2) is 5.76 Å². The van der Waals surface area contributed by atoms with E-state index in [0.717, 1.165) is 18.7 Å². The monoisotopic (exact) mass is 281 g/mol. The predicted octanol–water partition coefficient (Wildman–Crippen LogP) is 3.41. The van der Waals surface area contributed by atoms with Gasteiger partial charge >= 0.3 is 0 Å². The van der Waals surface area contributed by atoms with Crippen LogP contribution in [0.15, 0.2) is 46.9 Å². The van der Waals surface area contributed by atoms with E-state index in [-0.39, 0.29) is 17.4 Å². The number of carbonyl (C=O) groups is 1. The van der Waals surface area contributed by atoms with Crippen molar-refractivity contribution in [2.75, 3.05) is 0 Å². The molecule has 0 spiro atoms. The van der Waals surface area contributed by atoms with Gasteiger partial charge in [-0.25, -0.2) is 4.39 Å². The average molecular weight is 281 g/mol. The topological polar surface area (TPSA) is 42.2 Å². The molecule has 3 nitrogen and oxygen atoms in total. The fourth-order valence-electron chi connectivity index (χ4n) is 2.70.